The van der Waals surface area contributed by atoms with Crippen LogP contribution in [0, 0.1) is 0 Å². The van der Waals surface area contributed by atoms with Crippen LogP contribution in [0.1, 0.15) is 11.1 Å². The number of nitrogens with one attached hydrogen (secondary N) is 1. The Hall–Kier alpha value is -2.90. The molecule has 164 valence electrons. The first-order chi connectivity index (χ1) is 15.3. The number of thioether (sulfide) groups is 1. The number of anilines is 1. The van der Waals surface area contributed by atoms with Gasteiger partial charge in [0.25, 0.3) is 0 Å². The summed E-state index contributed by atoms with van der Waals surface area (Å²) in [4.78, 5) is 13.4. The molecule has 4 rings (SSSR count). The number of carbonyl (C=O) groups is 1. The predicted molar refractivity (Wildman–Crippen MR) is 123 cm³/mol. The summed E-state index contributed by atoms with van der Waals surface area (Å²) in [5.41, 5.74) is 1.27. The highest BCUT2D eigenvalue weighted by Crippen LogP contribution is 2.34. The lowest BCUT2D eigenvalue weighted by molar-refractivity contribution is -0.137. The second kappa shape index (κ2) is 9.30. The fourth-order valence-corrected chi connectivity index (χ4v) is 4.42. The van der Waals surface area contributed by atoms with E-state index in [1.165, 1.54) is 11.8 Å². The van der Waals surface area contributed by atoms with Crippen LogP contribution in [-0.2, 0) is 17.5 Å². The van der Waals surface area contributed by atoms with Gasteiger partial charge in [0.2, 0.25) is 5.91 Å². The molecule has 0 aliphatic heterocycles. The number of aromatic nitrogens is 1. The fourth-order valence-electron chi connectivity index (χ4n) is 3.37. The van der Waals surface area contributed by atoms with Gasteiger partial charge in [-0.2, -0.15) is 13.2 Å². The number of alkyl halides is 3. The average molecular weight is 475 g/mol. The van der Waals surface area contributed by atoms with E-state index in [2.05, 4.69) is 9.88 Å². The van der Waals surface area contributed by atoms with E-state index in [4.69, 9.17) is 11.6 Å². The Morgan fingerprint density at radius 2 is 1.72 bits per heavy atom. The number of benzene rings is 3. The van der Waals surface area contributed by atoms with E-state index in [9.17, 15) is 18.0 Å². The van der Waals surface area contributed by atoms with Gasteiger partial charge in [-0.05, 0) is 29.8 Å². The molecule has 0 aliphatic carbocycles. The molecule has 0 unspecified atom stereocenters. The smallest absolute Gasteiger partial charge is 0.342 e. The number of nitrogens with zero attached hydrogens (tertiary/aromatic N) is 1. The van der Waals surface area contributed by atoms with Gasteiger partial charge in [-0.25, -0.2) is 0 Å². The lowest BCUT2D eigenvalue weighted by atomic mass is 10.2. The normalized spacial score (nSPS) is 11.6. The van der Waals surface area contributed by atoms with Gasteiger partial charge in [0.05, 0.1) is 22.0 Å². The van der Waals surface area contributed by atoms with E-state index in [0.717, 1.165) is 39.6 Å². The van der Waals surface area contributed by atoms with Crippen molar-refractivity contribution < 1.29 is 18.0 Å². The van der Waals surface area contributed by atoms with Crippen molar-refractivity contribution >= 4 is 45.9 Å². The molecule has 32 heavy (non-hydrogen) atoms. The molecule has 3 aromatic carbocycles. The lowest BCUT2D eigenvalue weighted by Gasteiger charge is -2.11. The minimum Gasteiger partial charge on any atom is -0.342 e. The second-order valence-corrected chi connectivity index (χ2v) is 8.58. The zero-order valence-corrected chi connectivity index (χ0v) is 18.3. The monoisotopic (exact) mass is 474 g/mol. The van der Waals surface area contributed by atoms with Crippen molar-refractivity contribution in [2.75, 3.05) is 11.1 Å². The van der Waals surface area contributed by atoms with Gasteiger partial charge < -0.3 is 9.88 Å². The van der Waals surface area contributed by atoms with Gasteiger partial charge in [-0.1, -0.05) is 60.1 Å². The number of halogens is 4. The molecule has 8 heteroatoms. The quantitative estimate of drug-likeness (QED) is 0.302. The average Bonchev–Trinajstić information content (AvgIpc) is 3.11. The summed E-state index contributed by atoms with van der Waals surface area (Å²) >= 11 is 7.30. The summed E-state index contributed by atoms with van der Waals surface area (Å²) in [5.74, 6) is -0.401. The molecule has 0 saturated heterocycles. The van der Waals surface area contributed by atoms with Crippen LogP contribution in [0.15, 0.2) is 83.9 Å². The Morgan fingerprint density at radius 1 is 1.00 bits per heavy atom. The molecule has 0 aliphatic rings. The number of rotatable bonds is 6. The van der Waals surface area contributed by atoms with E-state index in [-0.39, 0.29) is 16.5 Å². The van der Waals surface area contributed by atoms with E-state index in [1.807, 2.05) is 60.8 Å². The van der Waals surface area contributed by atoms with E-state index >= 15 is 0 Å². The first-order valence-corrected chi connectivity index (χ1v) is 11.1. The molecule has 0 spiro atoms. The number of amides is 1. The van der Waals surface area contributed by atoms with Crippen LogP contribution in [-0.4, -0.2) is 16.2 Å². The molecule has 0 radical (unpaired) electrons. The van der Waals surface area contributed by atoms with Crippen LogP contribution in [0.4, 0.5) is 18.9 Å². The summed E-state index contributed by atoms with van der Waals surface area (Å²) in [6, 6.07) is 20.8. The molecule has 1 aromatic heterocycles. The molecule has 0 saturated carbocycles. The maximum atomic E-state index is 13.0. The van der Waals surface area contributed by atoms with Gasteiger partial charge >= 0.3 is 6.18 Å². The van der Waals surface area contributed by atoms with Crippen molar-refractivity contribution in [3.05, 3.63) is 95.1 Å². The van der Waals surface area contributed by atoms with Crippen molar-refractivity contribution in [3.63, 3.8) is 0 Å². The summed E-state index contributed by atoms with van der Waals surface area (Å²) in [6.45, 7) is 0.688. The minimum atomic E-state index is -4.51. The summed E-state index contributed by atoms with van der Waals surface area (Å²) in [5, 5.41) is 3.55. The van der Waals surface area contributed by atoms with E-state index < -0.39 is 17.6 Å². The van der Waals surface area contributed by atoms with Gasteiger partial charge in [-0.3, -0.25) is 4.79 Å². The zero-order chi connectivity index (χ0) is 22.7. The van der Waals surface area contributed by atoms with Crippen molar-refractivity contribution in [1.29, 1.82) is 0 Å². The molecule has 0 bridgehead atoms. The molecule has 0 fully saturated rings. The predicted octanol–water partition coefficient (Wildman–Crippen LogP) is 7.09. The third-order valence-electron chi connectivity index (χ3n) is 4.87. The number of para-hydroxylation sites is 1. The fraction of sp³-hybridized carbons (Fsp3) is 0.125. The summed E-state index contributed by atoms with van der Waals surface area (Å²) in [7, 11) is 0. The highest BCUT2D eigenvalue weighted by Gasteiger charge is 2.31. The van der Waals surface area contributed by atoms with Crippen molar-refractivity contribution in [2.24, 2.45) is 0 Å². The first-order valence-electron chi connectivity index (χ1n) is 9.72. The molecule has 1 heterocycles. The van der Waals surface area contributed by atoms with E-state index in [1.54, 1.807) is 0 Å². The number of carbonyl (C=O) groups excluding carboxylic acids is 1. The van der Waals surface area contributed by atoms with Gasteiger partial charge in [0.1, 0.15) is 0 Å². The van der Waals surface area contributed by atoms with Crippen molar-refractivity contribution in [1.82, 2.24) is 4.57 Å². The van der Waals surface area contributed by atoms with Crippen molar-refractivity contribution in [2.45, 2.75) is 17.6 Å². The van der Waals surface area contributed by atoms with Crippen LogP contribution in [0.25, 0.3) is 10.9 Å². The van der Waals surface area contributed by atoms with Crippen LogP contribution >= 0.6 is 23.4 Å². The Labute approximate surface area is 192 Å². The molecule has 1 amide bonds. The third-order valence-corrected chi connectivity index (χ3v) is 6.25. The molecule has 1 N–H and O–H groups in total. The maximum Gasteiger partial charge on any atom is 0.416 e. The number of fused-ring (bicyclic) bond motifs is 1. The lowest BCUT2D eigenvalue weighted by Crippen LogP contribution is -2.15. The number of hydrogen-bond donors (Lipinski definition) is 1. The topological polar surface area (TPSA) is 34.0 Å². The van der Waals surface area contributed by atoms with Gasteiger partial charge in [0.15, 0.2) is 0 Å². The SMILES string of the molecule is O=C(CSc1cn(Cc2ccccc2)c2ccccc12)Nc1cc(C(F)(F)F)ccc1Cl. The standard InChI is InChI=1S/C24H18ClF3N2OS/c25-19-11-10-17(24(26,27)28)12-20(19)29-23(31)15-32-22-14-30(13-16-6-2-1-3-7-16)21-9-5-4-8-18(21)22/h1-12,14H,13,15H2,(H,29,31). The highest BCUT2D eigenvalue weighted by atomic mass is 35.5. The third kappa shape index (κ3) is 5.11. The van der Waals surface area contributed by atoms with Crippen LogP contribution in [0.2, 0.25) is 5.02 Å². The Morgan fingerprint density at radius 3 is 2.47 bits per heavy atom. The second-order valence-electron chi connectivity index (χ2n) is 7.15. The molecule has 0 atom stereocenters. The van der Waals surface area contributed by atoms with Gasteiger partial charge in [0, 0.05) is 28.5 Å². The molecular weight excluding hydrogens is 457 g/mol. The summed E-state index contributed by atoms with van der Waals surface area (Å²) < 4.78 is 41.0. The Bertz CT molecular complexity index is 1260. The van der Waals surface area contributed by atoms with Crippen LogP contribution in [0.5, 0.6) is 0 Å². The van der Waals surface area contributed by atoms with Crippen LogP contribution < -0.4 is 5.32 Å². The molecule has 4 aromatic rings. The Balaban J connectivity index is 1.49. The zero-order valence-electron chi connectivity index (χ0n) is 16.7. The van der Waals surface area contributed by atoms with E-state index in [0.29, 0.717) is 6.54 Å². The van der Waals surface area contributed by atoms with Crippen molar-refractivity contribution in [3.8, 4) is 0 Å². The Kier molecular flexibility index (Phi) is 6.48. The van der Waals surface area contributed by atoms with Crippen LogP contribution in [0.3, 0.4) is 0 Å². The molecule has 3 nitrogen and oxygen atoms in total. The molecular formula is C24H18ClF3N2OS. The minimum absolute atomic E-state index is 0.0336. The number of hydrogen-bond acceptors (Lipinski definition) is 2. The maximum absolute atomic E-state index is 13.0. The highest BCUT2D eigenvalue weighted by molar-refractivity contribution is 8.00. The first kappa shape index (κ1) is 22.3. The largest absolute Gasteiger partial charge is 0.416 e. The van der Waals surface area contributed by atoms with Gasteiger partial charge in [-0.15, -0.1) is 11.8 Å². The summed E-state index contributed by atoms with van der Waals surface area (Å²) in [6.07, 6.45) is -2.52.